The highest BCUT2D eigenvalue weighted by molar-refractivity contribution is 5.99. The van der Waals surface area contributed by atoms with Crippen LogP contribution < -0.4 is 16.4 Å². The SMILES string of the molecule is NC1(Cc2ccccc2)NC(=O)c2nc[nH]c2N1. The summed E-state index contributed by atoms with van der Waals surface area (Å²) in [6.07, 6.45) is 1.95. The average Bonchev–Trinajstić information content (AvgIpc) is 2.77. The maximum Gasteiger partial charge on any atom is 0.276 e. The molecular weight excluding hydrogens is 230 g/mol. The number of anilines is 1. The van der Waals surface area contributed by atoms with E-state index in [1.54, 1.807) is 0 Å². The lowest BCUT2D eigenvalue weighted by Crippen LogP contribution is -2.65. The molecule has 3 rings (SSSR count). The predicted octanol–water partition coefficient (Wildman–Crippen LogP) is 0.420. The fourth-order valence-corrected chi connectivity index (χ4v) is 2.08. The maximum absolute atomic E-state index is 11.8. The third kappa shape index (κ3) is 1.82. The summed E-state index contributed by atoms with van der Waals surface area (Å²) in [5.74, 6) is -0.724. The predicted molar refractivity (Wildman–Crippen MR) is 66.7 cm³/mol. The van der Waals surface area contributed by atoms with Crippen molar-refractivity contribution < 1.29 is 4.79 Å². The number of fused-ring (bicyclic) bond motifs is 1. The molecule has 0 bridgehead atoms. The van der Waals surface area contributed by atoms with Crippen molar-refractivity contribution in [1.82, 2.24) is 15.3 Å². The molecule has 1 aliphatic heterocycles. The zero-order valence-electron chi connectivity index (χ0n) is 9.60. The van der Waals surface area contributed by atoms with Gasteiger partial charge in [-0.05, 0) is 5.56 Å². The molecule has 6 nitrogen and oxygen atoms in total. The maximum atomic E-state index is 11.8. The van der Waals surface area contributed by atoms with Crippen LogP contribution in [0.5, 0.6) is 0 Å². The van der Waals surface area contributed by atoms with Gasteiger partial charge in [0.2, 0.25) is 0 Å². The van der Waals surface area contributed by atoms with Gasteiger partial charge in [-0.3, -0.25) is 10.5 Å². The number of carbonyl (C=O) groups is 1. The Bertz CT molecular complexity index is 579. The lowest BCUT2D eigenvalue weighted by molar-refractivity contribution is 0.0897. The minimum atomic E-state index is -1.00. The number of nitrogens with zero attached hydrogens (tertiary/aromatic N) is 1. The van der Waals surface area contributed by atoms with E-state index in [0.29, 0.717) is 17.9 Å². The van der Waals surface area contributed by atoms with E-state index in [1.165, 1.54) is 6.33 Å². The molecule has 0 aliphatic carbocycles. The van der Waals surface area contributed by atoms with Crippen molar-refractivity contribution in [2.45, 2.75) is 12.2 Å². The van der Waals surface area contributed by atoms with Gasteiger partial charge >= 0.3 is 0 Å². The van der Waals surface area contributed by atoms with Crippen LogP contribution in [0.15, 0.2) is 36.7 Å². The minimum Gasteiger partial charge on any atom is -0.335 e. The number of amides is 1. The van der Waals surface area contributed by atoms with Crippen molar-refractivity contribution in [3.8, 4) is 0 Å². The number of nitrogens with two attached hydrogens (primary N) is 1. The number of benzene rings is 1. The minimum absolute atomic E-state index is 0.275. The number of aromatic amines is 1. The Hall–Kier alpha value is -2.34. The number of aromatic nitrogens is 2. The summed E-state index contributed by atoms with van der Waals surface area (Å²) in [4.78, 5) is 18.6. The molecule has 0 spiro atoms. The Morgan fingerprint density at radius 2 is 2.00 bits per heavy atom. The van der Waals surface area contributed by atoms with Crippen LogP contribution in [0.3, 0.4) is 0 Å². The number of nitrogens with one attached hydrogen (secondary N) is 3. The summed E-state index contributed by atoms with van der Waals surface area (Å²) >= 11 is 0. The summed E-state index contributed by atoms with van der Waals surface area (Å²) in [5.41, 5.74) is 7.54. The quantitative estimate of drug-likeness (QED) is 0.614. The third-order valence-corrected chi connectivity index (χ3v) is 2.86. The van der Waals surface area contributed by atoms with Gasteiger partial charge in [-0.25, -0.2) is 4.98 Å². The van der Waals surface area contributed by atoms with Crippen LogP contribution in [0.25, 0.3) is 0 Å². The molecule has 0 saturated carbocycles. The first-order chi connectivity index (χ1) is 8.66. The summed E-state index contributed by atoms with van der Waals surface area (Å²) in [5, 5.41) is 5.79. The summed E-state index contributed by atoms with van der Waals surface area (Å²) in [7, 11) is 0. The number of rotatable bonds is 2. The van der Waals surface area contributed by atoms with Crippen molar-refractivity contribution in [3.05, 3.63) is 47.9 Å². The van der Waals surface area contributed by atoms with Gasteiger partial charge in [0.15, 0.2) is 11.5 Å². The molecule has 1 aliphatic rings. The number of hydrogen-bond acceptors (Lipinski definition) is 4. The van der Waals surface area contributed by atoms with Gasteiger partial charge in [0.25, 0.3) is 5.91 Å². The fraction of sp³-hybridized carbons (Fsp3) is 0.167. The molecule has 92 valence electrons. The van der Waals surface area contributed by atoms with Crippen molar-refractivity contribution in [2.24, 2.45) is 5.73 Å². The van der Waals surface area contributed by atoms with Gasteiger partial charge in [-0.2, -0.15) is 0 Å². The molecule has 1 unspecified atom stereocenters. The van der Waals surface area contributed by atoms with Gasteiger partial charge in [-0.15, -0.1) is 0 Å². The number of carbonyl (C=O) groups excluding carboxylic acids is 1. The molecule has 1 atom stereocenters. The standard InChI is InChI=1S/C12H13N5O/c13-12(6-8-4-2-1-3-5-8)16-10-9(11(18)17-12)14-7-15-10/h1-5,7,16H,6,13H2,(H,14,15)(H,17,18). The molecule has 1 amide bonds. The molecule has 18 heavy (non-hydrogen) atoms. The second-order valence-corrected chi connectivity index (χ2v) is 4.34. The van der Waals surface area contributed by atoms with Gasteiger partial charge in [0, 0.05) is 6.42 Å². The van der Waals surface area contributed by atoms with Crippen molar-refractivity contribution in [3.63, 3.8) is 0 Å². The van der Waals surface area contributed by atoms with Crippen LogP contribution in [0.4, 0.5) is 5.82 Å². The normalized spacial score (nSPS) is 21.9. The highest BCUT2D eigenvalue weighted by Gasteiger charge is 2.35. The molecule has 1 aromatic heterocycles. The highest BCUT2D eigenvalue weighted by Crippen LogP contribution is 2.20. The van der Waals surface area contributed by atoms with E-state index in [4.69, 9.17) is 5.73 Å². The van der Waals surface area contributed by atoms with E-state index in [1.807, 2.05) is 30.3 Å². The van der Waals surface area contributed by atoms with Gasteiger partial charge in [0.05, 0.1) is 6.33 Å². The van der Waals surface area contributed by atoms with E-state index >= 15 is 0 Å². The highest BCUT2D eigenvalue weighted by atomic mass is 16.2. The molecule has 0 fully saturated rings. The van der Waals surface area contributed by atoms with E-state index in [2.05, 4.69) is 20.6 Å². The fourth-order valence-electron chi connectivity index (χ4n) is 2.08. The van der Waals surface area contributed by atoms with Crippen molar-refractivity contribution in [2.75, 3.05) is 5.32 Å². The molecule has 5 N–H and O–H groups in total. The lowest BCUT2D eigenvalue weighted by Gasteiger charge is -2.35. The number of H-pyrrole nitrogens is 1. The van der Waals surface area contributed by atoms with E-state index in [0.717, 1.165) is 5.56 Å². The molecule has 0 radical (unpaired) electrons. The van der Waals surface area contributed by atoms with Crippen LogP contribution in [-0.2, 0) is 6.42 Å². The molecule has 6 heteroatoms. The van der Waals surface area contributed by atoms with Crippen molar-refractivity contribution >= 4 is 11.7 Å². The number of imidazole rings is 1. The largest absolute Gasteiger partial charge is 0.335 e. The molecule has 2 heterocycles. The van der Waals surface area contributed by atoms with Gasteiger partial charge < -0.3 is 15.6 Å². The van der Waals surface area contributed by atoms with Crippen LogP contribution in [0.1, 0.15) is 16.1 Å². The smallest absolute Gasteiger partial charge is 0.276 e. The second kappa shape index (κ2) is 3.85. The Balaban J connectivity index is 1.87. The zero-order chi connectivity index (χ0) is 12.6. The zero-order valence-corrected chi connectivity index (χ0v) is 9.60. The third-order valence-electron chi connectivity index (χ3n) is 2.86. The first kappa shape index (κ1) is 10.8. The summed E-state index contributed by atoms with van der Waals surface area (Å²) < 4.78 is 0. The van der Waals surface area contributed by atoms with E-state index in [9.17, 15) is 4.79 Å². The second-order valence-electron chi connectivity index (χ2n) is 4.34. The summed E-state index contributed by atoms with van der Waals surface area (Å²) in [6.45, 7) is 0. The Morgan fingerprint density at radius 1 is 1.22 bits per heavy atom. The first-order valence-corrected chi connectivity index (χ1v) is 5.63. The molecule has 0 saturated heterocycles. The van der Waals surface area contributed by atoms with Gasteiger partial charge in [0.1, 0.15) is 5.82 Å². The van der Waals surface area contributed by atoms with Crippen LogP contribution in [0, 0.1) is 0 Å². The monoisotopic (exact) mass is 243 g/mol. The van der Waals surface area contributed by atoms with Gasteiger partial charge in [-0.1, -0.05) is 30.3 Å². The molecular formula is C12H13N5O. The Morgan fingerprint density at radius 3 is 2.78 bits per heavy atom. The Kier molecular flexibility index (Phi) is 2.31. The molecule has 2 aromatic rings. The first-order valence-electron chi connectivity index (χ1n) is 5.63. The average molecular weight is 243 g/mol. The molecule has 1 aromatic carbocycles. The van der Waals surface area contributed by atoms with Crippen LogP contribution in [-0.4, -0.2) is 21.7 Å². The topological polar surface area (TPSA) is 95.8 Å². The Labute approximate surface area is 104 Å². The van der Waals surface area contributed by atoms with Crippen LogP contribution >= 0.6 is 0 Å². The van der Waals surface area contributed by atoms with E-state index < -0.39 is 5.79 Å². The van der Waals surface area contributed by atoms with Crippen molar-refractivity contribution in [1.29, 1.82) is 0 Å². The summed E-state index contributed by atoms with van der Waals surface area (Å²) in [6, 6.07) is 9.73. The van der Waals surface area contributed by atoms with E-state index in [-0.39, 0.29) is 5.91 Å². The van der Waals surface area contributed by atoms with Crippen LogP contribution in [0.2, 0.25) is 0 Å². The lowest BCUT2D eigenvalue weighted by atomic mass is 10.1. The number of hydrogen-bond donors (Lipinski definition) is 4.